The Balaban J connectivity index is 2.87. The van der Waals surface area contributed by atoms with Gasteiger partial charge in [0, 0.05) is 6.54 Å². The minimum Gasteiger partial charge on any atom is -0.496 e. The highest BCUT2D eigenvalue weighted by atomic mass is 16.5. The maximum absolute atomic E-state index is 12.1. The smallest absolute Gasteiger partial charge is 0.255 e. The first-order valence-corrected chi connectivity index (χ1v) is 6.13. The van der Waals surface area contributed by atoms with E-state index in [1.54, 1.807) is 7.11 Å². The van der Waals surface area contributed by atoms with Gasteiger partial charge in [-0.3, -0.25) is 4.79 Å². The number of rotatable bonds is 5. The van der Waals surface area contributed by atoms with Crippen LogP contribution in [0.3, 0.4) is 0 Å². The summed E-state index contributed by atoms with van der Waals surface area (Å²) in [7, 11) is 1.57. The molecule has 0 aliphatic heterocycles. The van der Waals surface area contributed by atoms with Gasteiger partial charge in [0.2, 0.25) is 0 Å². The third kappa shape index (κ3) is 3.47. The first-order chi connectivity index (χ1) is 8.49. The number of nitrogens with one attached hydrogen (secondary N) is 1. The topological polar surface area (TPSA) is 64.3 Å². The highest BCUT2D eigenvalue weighted by Crippen LogP contribution is 2.22. The first-order valence-electron chi connectivity index (χ1n) is 6.13. The summed E-state index contributed by atoms with van der Waals surface area (Å²) in [6.45, 7) is 7.11. The molecule has 0 spiro atoms. The van der Waals surface area contributed by atoms with E-state index in [1.165, 1.54) is 0 Å². The molecule has 1 amide bonds. The molecule has 0 aromatic heterocycles. The van der Waals surface area contributed by atoms with Crippen LogP contribution in [0.5, 0.6) is 5.75 Å². The standard InChI is InChI=1S/C14H22N2O2/c1-9(7-15)8-16-14(17)12-5-10(2)11(3)6-13(12)18-4/h5-6,9H,7-8,15H2,1-4H3,(H,16,17). The maximum Gasteiger partial charge on any atom is 0.255 e. The molecule has 1 aromatic carbocycles. The number of carbonyl (C=O) groups excluding carboxylic acids is 1. The normalized spacial score (nSPS) is 12.1. The molecule has 0 heterocycles. The molecule has 4 heteroatoms. The van der Waals surface area contributed by atoms with Gasteiger partial charge in [-0.05, 0) is 49.6 Å². The van der Waals surface area contributed by atoms with Crippen LogP contribution < -0.4 is 15.8 Å². The van der Waals surface area contributed by atoms with Crippen molar-refractivity contribution >= 4 is 5.91 Å². The van der Waals surface area contributed by atoms with Crippen LogP contribution >= 0.6 is 0 Å². The van der Waals surface area contributed by atoms with E-state index < -0.39 is 0 Å². The van der Waals surface area contributed by atoms with Gasteiger partial charge in [0.1, 0.15) is 5.75 Å². The van der Waals surface area contributed by atoms with E-state index >= 15 is 0 Å². The van der Waals surface area contributed by atoms with E-state index in [2.05, 4.69) is 5.32 Å². The van der Waals surface area contributed by atoms with E-state index in [1.807, 2.05) is 32.9 Å². The van der Waals surface area contributed by atoms with E-state index in [-0.39, 0.29) is 11.8 Å². The zero-order valence-corrected chi connectivity index (χ0v) is 11.5. The Kier molecular flexibility index (Phi) is 5.16. The number of aryl methyl sites for hydroxylation is 2. The molecule has 1 aromatic rings. The van der Waals surface area contributed by atoms with Crippen LogP contribution in [0.15, 0.2) is 12.1 Å². The second-order valence-corrected chi connectivity index (χ2v) is 4.69. The minimum absolute atomic E-state index is 0.116. The lowest BCUT2D eigenvalue weighted by atomic mass is 10.0. The van der Waals surface area contributed by atoms with Crippen molar-refractivity contribution in [3.8, 4) is 5.75 Å². The summed E-state index contributed by atoms with van der Waals surface area (Å²) in [5, 5.41) is 2.87. The van der Waals surface area contributed by atoms with Crippen molar-refractivity contribution in [3.05, 3.63) is 28.8 Å². The number of methoxy groups -OCH3 is 1. The molecular weight excluding hydrogens is 228 g/mol. The molecule has 0 radical (unpaired) electrons. The molecule has 0 saturated carbocycles. The van der Waals surface area contributed by atoms with Gasteiger partial charge >= 0.3 is 0 Å². The number of ether oxygens (including phenoxy) is 1. The number of benzene rings is 1. The number of amides is 1. The van der Waals surface area contributed by atoms with Gasteiger partial charge in [0.05, 0.1) is 12.7 Å². The Bertz CT molecular complexity index is 430. The van der Waals surface area contributed by atoms with Gasteiger partial charge in [0.15, 0.2) is 0 Å². The predicted octanol–water partition coefficient (Wildman–Crippen LogP) is 1.64. The lowest BCUT2D eigenvalue weighted by molar-refractivity contribution is 0.0945. The number of carbonyl (C=O) groups is 1. The van der Waals surface area contributed by atoms with Crippen molar-refractivity contribution in [2.45, 2.75) is 20.8 Å². The van der Waals surface area contributed by atoms with Crippen LogP contribution in [-0.4, -0.2) is 26.1 Å². The number of hydrogen-bond donors (Lipinski definition) is 2. The third-order valence-electron chi connectivity index (χ3n) is 3.07. The van der Waals surface area contributed by atoms with Crippen LogP contribution in [0.1, 0.15) is 28.4 Å². The average Bonchev–Trinajstić information content (AvgIpc) is 2.37. The van der Waals surface area contributed by atoms with E-state index in [4.69, 9.17) is 10.5 Å². The summed E-state index contributed by atoms with van der Waals surface area (Å²) in [5.41, 5.74) is 8.28. The van der Waals surface area contributed by atoms with Crippen LogP contribution in [0.2, 0.25) is 0 Å². The molecule has 1 rings (SSSR count). The Hall–Kier alpha value is -1.55. The second kappa shape index (κ2) is 6.40. The van der Waals surface area contributed by atoms with Gasteiger partial charge in [-0.1, -0.05) is 6.92 Å². The average molecular weight is 250 g/mol. The summed E-state index contributed by atoms with van der Waals surface area (Å²) in [6.07, 6.45) is 0. The highest BCUT2D eigenvalue weighted by Gasteiger charge is 2.14. The SMILES string of the molecule is COc1cc(C)c(C)cc1C(=O)NCC(C)CN. The lowest BCUT2D eigenvalue weighted by Crippen LogP contribution is -2.31. The molecule has 1 unspecified atom stereocenters. The Morgan fingerprint density at radius 3 is 2.56 bits per heavy atom. The van der Waals surface area contributed by atoms with Crippen molar-refractivity contribution in [1.82, 2.24) is 5.32 Å². The van der Waals surface area contributed by atoms with E-state index in [0.29, 0.717) is 24.4 Å². The summed E-state index contributed by atoms with van der Waals surface area (Å²) in [6, 6.07) is 3.74. The van der Waals surface area contributed by atoms with E-state index in [9.17, 15) is 4.79 Å². The second-order valence-electron chi connectivity index (χ2n) is 4.69. The van der Waals surface area contributed by atoms with Gasteiger partial charge in [0.25, 0.3) is 5.91 Å². The zero-order chi connectivity index (χ0) is 13.7. The van der Waals surface area contributed by atoms with Crippen LogP contribution in [-0.2, 0) is 0 Å². The summed E-state index contributed by atoms with van der Waals surface area (Å²) >= 11 is 0. The van der Waals surface area contributed by atoms with Gasteiger partial charge in [-0.2, -0.15) is 0 Å². The van der Waals surface area contributed by atoms with Crippen molar-refractivity contribution < 1.29 is 9.53 Å². The van der Waals surface area contributed by atoms with Crippen molar-refractivity contribution in [2.75, 3.05) is 20.2 Å². The summed E-state index contributed by atoms with van der Waals surface area (Å²) in [5.74, 6) is 0.762. The fourth-order valence-electron chi connectivity index (χ4n) is 1.58. The Morgan fingerprint density at radius 2 is 2.00 bits per heavy atom. The fourth-order valence-corrected chi connectivity index (χ4v) is 1.58. The molecule has 4 nitrogen and oxygen atoms in total. The van der Waals surface area contributed by atoms with Gasteiger partial charge in [-0.15, -0.1) is 0 Å². The van der Waals surface area contributed by atoms with Crippen molar-refractivity contribution in [1.29, 1.82) is 0 Å². The highest BCUT2D eigenvalue weighted by molar-refractivity contribution is 5.97. The monoisotopic (exact) mass is 250 g/mol. The van der Waals surface area contributed by atoms with Crippen LogP contribution in [0.25, 0.3) is 0 Å². The molecular formula is C14H22N2O2. The lowest BCUT2D eigenvalue weighted by Gasteiger charge is -2.14. The fraction of sp³-hybridized carbons (Fsp3) is 0.500. The van der Waals surface area contributed by atoms with Crippen molar-refractivity contribution in [2.24, 2.45) is 11.7 Å². The van der Waals surface area contributed by atoms with Gasteiger partial charge < -0.3 is 15.8 Å². The summed E-state index contributed by atoms with van der Waals surface area (Å²) < 4.78 is 5.25. The third-order valence-corrected chi connectivity index (χ3v) is 3.07. The first kappa shape index (κ1) is 14.5. The van der Waals surface area contributed by atoms with Gasteiger partial charge in [-0.25, -0.2) is 0 Å². The van der Waals surface area contributed by atoms with Crippen LogP contribution in [0, 0.1) is 19.8 Å². The molecule has 100 valence electrons. The maximum atomic E-state index is 12.1. The minimum atomic E-state index is -0.116. The Labute approximate surface area is 109 Å². The zero-order valence-electron chi connectivity index (χ0n) is 11.5. The summed E-state index contributed by atoms with van der Waals surface area (Å²) in [4.78, 5) is 12.1. The largest absolute Gasteiger partial charge is 0.496 e. The molecule has 0 bridgehead atoms. The molecule has 0 aliphatic carbocycles. The van der Waals surface area contributed by atoms with E-state index in [0.717, 1.165) is 11.1 Å². The molecule has 1 atom stereocenters. The number of nitrogens with two attached hydrogens (primary N) is 1. The molecule has 0 aliphatic rings. The number of hydrogen-bond acceptors (Lipinski definition) is 3. The van der Waals surface area contributed by atoms with Crippen molar-refractivity contribution in [3.63, 3.8) is 0 Å². The molecule has 0 fully saturated rings. The quantitative estimate of drug-likeness (QED) is 0.835. The molecule has 18 heavy (non-hydrogen) atoms. The Morgan fingerprint density at radius 1 is 1.39 bits per heavy atom. The molecule has 0 saturated heterocycles. The molecule has 3 N–H and O–H groups in total. The van der Waals surface area contributed by atoms with Crippen LogP contribution in [0.4, 0.5) is 0 Å². The predicted molar refractivity (Wildman–Crippen MR) is 73.0 cm³/mol.